The summed E-state index contributed by atoms with van der Waals surface area (Å²) in [6, 6.07) is 11.8. The molecule has 13 rings (SSSR count). The second kappa shape index (κ2) is 22.5. The summed E-state index contributed by atoms with van der Waals surface area (Å²) in [5, 5.41) is 22.2. The Morgan fingerprint density at radius 3 is 1.94 bits per heavy atom. The number of hydrogen-bond acceptors (Lipinski definition) is 20. The van der Waals surface area contributed by atoms with Gasteiger partial charge in [-0.2, -0.15) is 17.6 Å². The van der Waals surface area contributed by atoms with Crippen molar-refractivity contribution in [3.63, 3.8) is 0 Å². The highest BCUT2D eigenvalue weighted by Gasteiger charge is 2.53. The SMILES string of the molecule is C#C/C(C)=C/C(=C(\N=C)O[C@H]1C[C@@H](C(=O)O)N(c2nc(C(F)(F)CC#Cc3cnc(O[C@H]4C[C@@H](C(=O)O)N(c5nc(C(C)(F)F)nc6c5oc5ccccc56)C4)c(N4CCOC5(COC5)[C@@H]4C)c3)nc3c2oc2ccccc23)C1)N1CCOC2(COC2)[C@H]1C. The fourth-order valence-electron chi connectivity index (χ4n) is 12.6. The molecule has 462 valence electrons. The van der Waals surface area contributed by atoms with E-state index in [0.29, 0.717) is 91.9 Å². The number of hydrogen-bond donors (Lipinski definition) is 2. The Labute approximate surface area is 506 Å². The molecule has 89 heavy (non-hydrogen) atoms. The number of terminal acetylenes is 1. The molecular weight excluding hydrogens is 1160 g/mol. The van der Waals surface area contributed by atoms with E-state index < -0.39 is 77.3 Å². The largest absolute Gasteiger partial charge is 0.480 e. The fourth-order valence-corrected chi connectivity index (χ4v) is 12.6. The summed E-state index contributed by atoms with van der Waals surface area (Å²) in [7, 11) is 0. The van der Waals surface area contributed by atoms with Crippen molar-refractivity contribution >= 4 is 80.1 Å². The molecule has 11 heterocycles. The number of aliphatic imine (C=N–C) groups is 1. The standard InChI is InChI=1S/C63H60F4N10O12/c1-7-34(2)23-42(74-19-21-84-61(35(74)3)30-82-31-61)54(68-6)86-38-25-44(56(78)79)77(28-38)53-51-49(41-15-9-11-17-47(41)89-51)71-59(73-53)63(66,67)18-12-13-37-24-43(75-20-22-85-62(36(75)4)32-83-33-62)55(69-27-37)87-39-26-45(57(80)81)76(29-39)52-50-48(70-58(72-52)60(5,64)65)40-14-8-10-16-46(40)88-50/h1,8-11,14-17,23-24,27,35-36,38-39,44-45H,6,18-22,25-26,28-33H2,2-5H3,(H,78,79)(H,80,81)/b34-23+,54-42-/t35-,36+,38+,39+,44+,45+/m1/s1. The lowest BCUT2D eigenvalue weighted by Gasteiger charge is -2.53. The van der Waals surface area contributed by atoms with Gasteiger partial charge in [0.05, 0.1) is 71.2 Å². The maximum atomic E-state index is 17.1. The number of ether oxygens (including phenoxy) is 6. The van der Waals surface area contributed by atoms with E-state index in [4.69, 9.17) is 43.7 Å². The molecule has 7 aromatic rings. The van der Waals surface area contributed by atoms with Crippen LogP contribution in [0.3, 0.4) is 0 Å². The highest BCUT2D eigenvalue weighted by molar-refractivity contribution is 6.07. The Morgan fingerprint density at radius 1 is 0.809 bits per heavy atom. The Morgan fingerprint density at radius 2 is 1.37 bits per heavy atom. The first-order valence-corrected chi connectivity index (χ1v) is 29.0. The fraction of sp³-hybridized carbons (Fsp3) is 0.429. The molecule has 6 aliphatic heterocycles. The van der Waals surface area contributed by atoms with Crippen molar-refractivity contribution in [3.8, 4) is 30.1 Å². The molecule has 2 N–H and O–H groups in total. The van der Waals surface area contributed by atoms with Gasteiger partial charge in [0, 0.05) is 61.0 Å². The average Bonchev–Trinajstić information content (AvgIpc) is 1.87. The van der Waals surface area contributed by atoms with Gasteiger partial charge in [-0.1, -0.05) is 42.0 Å². The van der Waals surface area contributed by atoms with Crippen LogP contribution in [-0.2, 0) is 45.1 Å². The normalized spacial score (nSPS) is 23.7. The Bertz CT molecular complexity index is 4180. The molecule has 22 nitrogen and oxygen atoms in total. The number of pyridine rings is 1. The molecule has 2 aromatic carbocycles. The first kappa shape index (κ1) is 58.9. The van der Waals surface area contributed by atoms with E-state index >= 15 is 17.6 Å². The van der Waals surface area contributed by atoms with Gasteiger partial charge in [-0.15, -0.1) is 6.42 Å². The van der Waals surface area contributed by atoms with Crippen molar-refractivity contribution < 1.29 is 74.6 Å². The Hall–Kier alpha value is -9.08. The van der Waals surface area contributed by atoms with E-state index in [1.807, 2.05) is 23.6 Å². The van der Waals surface area contributed by atoms with Crippen LogP contribution in [0.4, 0.5) is 34.9 Å². The zero-order valence-corrected chi connectivity index (χ0v) is 48.8. The monoisotopic (exact) mass is 1220 g/mol. The first-order valence-electron chi connectivity index (χ1n) is 29.0. The van der Waals surface area contributed by atoms with Crippen LogP contribution >= 0.6 is 0 Å². The zero-order valence-electron chi connectivity index (χ0n) is 48.8. The van der Waals surface area contributed by atoms with E-state index in [0.717, 1.165) is 0 Å². The van der Waals surface area contributed by atoms with Gasteiger partial charge in [0.1, 0.15) is 69.1 Å². The smallest absolute Gasteiger partial charge is 0.326 e. The van der Waals surface area contributed by atoms with Crippen LogP contribution in [0.1, 0.15) is 64.2 Å². The average molecular weight is 1230 g/mol. The molecule has 0 unspecified atom stereocenters. The number of rotatable bonds is 15. The molecule has 0 aliphatic carbocycles. The number of furan rings is 2. The number of alkyl halides is 4. The van der Waals surface area contributed by atoms with Crippen molar-refractivity contribution in [1.29, 1.82) is 0 Å². The molecule has 2 spiro atoms. The summed E-state index contributed by atoms with van der Waals surface area (Å²) in [4.78, 5) is 59.2. The second-order valence-corrected chi connectivity index (χ2v) is 23.2. The third-order valence-corrected chi connectivity index (χ3v) is 17.5. The lowest BCUT2D eigenvalue weighted by Crippen LogP contribution is -2.68. The minimum Gasteiger partial charge on any atom is -0.480 e. The summed E-state index contributed by atoms with van der Waals surface area (Å²) >= 11 is 0. The van der Waals surface area contributed by atoms with Crippen molar-refractivity contribution in [3.05, 3.63) is 101 Å². The zero-order chi connectivity index (χ0) is 62.3. The molecule has 26 heteroatoms. The van der Waals surface area contributed by atoms with Crippen LogP contribution in [0.15, 0.2) is 97.9 Å². The molecule has 6 saturated heterocycles. The first-order chi connectivity index (χ1) is 42.7. The molecule has 0 bridgehead atoms. The number of nitrogens with zero attached hydrogens (tertiary/aromatic N) is 10. The van der Waals surface area contributed by atoms with Crippen molar-refractivity contribution in [1.82, 2.24) is 29.8 Å². The van der Waals surface area contributed by atoms with E-state index in [1.54, 1.807) is 67.6 Å². The Balaban J connectivity index is 0.810. The van der Waals surface area contributed by atoms with Crippen LogP contribution in [0.5, 0.6) is 5.88 Å². The van der Waals surface area contributed by atoms with Crippen molar-refractivity contribution in [2.45, 2.75) is 106 Å². The topological polar surface area (TPSA) is 246 Å². The molecule has 5 aromatic heterocycles. The predicted molar refractivity (Wildman–Crippen MR) is 315 cm³/mol. The van der Waals surface area contributed by atoms with Crippen LogP contribution in [0.2, 0.25) is 0 Å². The number of carboxylic acids is 2. The molecular formula is C63H60F4N10O12. The summed E-state index contributed by atoms with van der Waals surface area (Å²) in [5.41, 5.74) is 1.14. The maximum Gasteiger partial charge on any atom is 0.326 e. The van der Waals surface area contributed by atoms with Crippen molar-refractivity contribution in [2.75, 3.05) is 80.5 Å². The number of benzene rings is 2. The second-order valence-electron chi connectivity index (χ2n) is 23.2. The van der Waals surface area contributed by atoms with Gasteiger partial charge >= 0.3 is 23.8 Å². The van der Waals surface area contributed by atoms with E-state index in [-0.39, 0.29) is 95.8 Å². The minimum atomic E-state index is -3.85. The third-order valence-electron chi connectivity index (χ3n) is 17.5. The van der Waals surface area contributed by atoms with Gasteiger partial charge in [-0.25, -0.2) is 39.5 Å². The molecule has 0 radical (unpaired) electrons. The van der Waals surface area contributed by atoms with Crippen LogP contribution in [0.25, 0.3) is 44.1 Å². The van der Waals surface area contributed by atoms with Gasteiger partial charge in [-0.05, 0) is 63.9 Å². The number of halogens is 4. The van der Waals surface area contributed by atoms with E-state index in [1.165, 1.54) is 16.0 Å². The van der Waals surface area contributed by atoms with Crippen LogP contribution < -0.4 is 19.4 Å². The van der Waals surface area contributed by atoms with Crippen LogP contribution in [-0.4, -0.2) is 172 Å². The summed E-state index contributed by atoms with van der Waals surface area (Å²) in [6.45, 7) is 12.6. The number of fused-ring (bicyclic) bond motifs is 6. The summed E-state index contributed by atoms with van der Waals surface area (Å²) in [6.07, 6.45) is 5.74. The van der Waals surface area contributed by atoms with E-state index in [9.17, 15) is 19.8 Å². The van der Waals surface area contributed by atoms with Gasteiger partial charge in [0.15, 0.2) is 22.8 Å². The maximum absolute atomic E-state index is 17.1. The number of carbonyl (C=O) groups is 2. The number of allylic oxidation sites excluding steroid dienone is 2. The molecule has 0 amide bonds. The lowest BCUT2D eigenvalue weighted by atomic mass is 9.89. The van der Waals surface area contributed by atoms with Crippen molar-refractivity contribution in [2.24, 2.45) is 4.99 Å². The number of morpholine rings is 2. The quantitative estimate of drug-likeness (QED) is 0.0323. The predicted octanol–water partition coefficient (Wildman–Crippen LogP) is 8.20. The minimum absolute atomic E-state index is 0.0186. The van der Waals surface area contributed by atoms with Gasteiger partial charge in [0.2, 0.25) is 23.4 Å². The number of aromatic nitrogens is 5. The summed E-state index contributed by atoms with van der Waals surface area (Å²) < 4.78 is 113. The lowest BCUT2D eigenvalue weighted by molar-refractivity contribution is -0.255. The number of anilines is 3. The van der Waals surface area contributed by atoms with E-state index in [2.05, 4.69) is 54.4 Å². The number of aliphatic carboxylic acids is 2. The number of para-hydroxylation sites is 2. The number of carboxylic acid groups (broad SMARTS) is 2. The highest BCUT2D eigenvalue weighted by Crippen LogP contribution is 2.45. The van der Waals surface area contributed by atoms with Gasteiger partial charge in [0.25, 0.3) is 0 Å². The summed E-state index contributed by atoms with van der Waals surface area (Å²) in [5.74, 6) is -3.79. The van der Waals surface area contributed by atoms with Gasteiger partial charge in [-0.3, -0.25) is 0 Å². The highest BCUT2D eigenvalue weighted by atomic mass is 19.3. The molecule has 6 aliphatic rings. The molecule has 6 atom stereocenters. The molecule has 0 saturated carbocycles. The Kier molecular flexibility index (Phi) is 14.9. The third kappa shape index (κ3) is 10.5. The van der Waals surface area contributed by atoms with Gasteiger partial charge < -0.3 is 67.1 Å². The van der Waals surface area contributed by atoms with Crippen LogP contribution in [0, 0.1) is 24.2 Å². The molecule has 6 fully saturated rings.